The quantitative estimate of drug-likeness (QED) is 0.870. The fourth-order valence-electron chi connectivity index (χ4n) is 2.96. The van der Waals surface area contributed by atoms with E-state index in [0.717, 1.165) is 22.9 Å². The van der Waals surface area contributed by atoms with Crippen LogP contribution < -0.4 is 5.32 Å². The average Bonchev–Trinajstić information content (AvgIpc) is 2.47. The predicted molar refractivity (Wildman–Crippen MR) is 83.8 cm³/mol. The van der Waals surface area contributed by atoms with Crippen LogP contribution in [0.1, 0.15) is 44.2 Å². The lowest BCUT2D eigenvalue weighted by atomic mass is 9.78. The van der Waals surface area contributed by atoms with E-state index in [2.05, 4.69) is 21.2 Å². The first kappa shape index (κ1) is 16.0. The van der Waals surface area contributed by atoms with Gasteiger partial charge in [0, 0.05) is 4.47 Å². The molecule has 1 aliphatic rings. The molecule has 114 valence electrons. The van der Waals surface area contributed by atoms with E-state index in [1.165, 1.54) is 0 Å². The number of carboxylic acids is 1. The monoisotopic (exact) mass is 353 g/mol. The largest absolute Gasteiger partial charge is 0.481 e. The third kappa shape index (κ3) is 3.84. The molecule has 0 aromatic heterocycles. The molecule has 1 fully saturated rings. The van der Waals surface area contributed by atoms with E-state index >= 15 is 0 Å². The summed E-state index contributed by atoms with van der Waals surface area (Å²) < 4.78 is 0.941. The normalized spacial score (nSPS) is 23.3. The first-order chi connectivity index (χ1) is 10.0. The van der Waals surface area contributed by atoms with Crippen LogP contribution in [-0.2, 0) is 9.59 Å². The summed E-state index contributed by atoms with van der Waals surface area (Å²) in [6.45, 7) is 1.91. The van der Waals surface area contributed by atoms with Gasteiger partial charge in [-0.25, -0.2) is 0 Å². The molecule has 0 bridgehead atoms. The van der Waals surface area contributed by atoms with Crippen LogP contribution in [-0.4, -0.2) is 17.0 Å². The molecule has 0 heterocycles. The molecular weight excluding hydrogens is 334 g/mol. The van der Waals surface area contributed by atoms with E-state index < -0.39 is 17.8 Å². The molecule has 1 aromatic rings. The minimum atomic E-state index is -0.858. The number of hydrogen-bond acceptors (Lipinski definition) is 2. The van der Waals surface area contributed by atoms with Crippen molar-refractivity contribution in [2.24, 2.45) is 11.8 Å². The lowest BCUT2D eigenvalue weighted by Crippen LogP contribution is -2.40. The molecule has 5 heteroatoms. The van der Waals surface area contributed by atoms with Crippen LogP contribution >= 0.6 is 15.9 Å². The van der Waals surface area contributed by atoms with E-state index in [1.807, 2.05) is 31.2 Å². The second-order valence-corrected chi connectivity index (χ2v) is 6.44. The summed E-state index contributed by atoms with van der Waals surface area (Å²) in [5.41, 5.74) is 0.994. The van der Waals surface area contributed by atoms with Gasteiger partial charge >= 0.3 is 5.97 Å². The Hall–Kier alpha value is -1.36. The molecule has 2 N–H and O–H groups in total. The van der Waals surface area contributed by atoms with Crippen LogP contribution in [0, 0.1) is 11.8 Å². The van der Waals surface area contributed by atoms with Gasteiger partial charge in [0.25, 0.3) is 0 Å². The second-order valence-electron chi connectivity index (χ2n) is 5.59. The number of hydrogen-bond donors (Lipinski definition) is 2. The lowest BCUT2D eigenvalue weighted by Gasteiger charge is -2.29. The molecule has 0 aliphatic heterocycles. The van der Waals surface area contributed by atoms with Gasteiger partial charge in [0.05, 0.1) is 17.9 Å². The van der Waals surface area contributed by atoms with Crippen molar-refractivity contribution < 1.29 is 14.7 Å². The third-order valence-corrected chi connectivity index (χ3v) is 4.87. The zero-order valence-electron chi connectivity index (χ0n) is 12.0. The van der Waals surface area contributed by atoms with Crippen LogP contribution in [0.5, 0.6) is 0 Å². The van der Waals surface area contributed by atoms with Crippen LogP contribution in [0.3, 0.4) is 0 Å². The molecule has 0 saturated heterocycles. The number of halogens is 1. The van der Waals surface area contributed by atoms with Gasteiger partial charge in [-0.3, -0.25) is 9.59 Å². The number of amides is 1. The Bertz CT molecular complexity index is 532. The zero-order chi connectivity index (χ0) is 15.4. The number of aliphatic carboxylic acids is 1. The summed E-state index contributed by atoms with van der Waals surface area (Å²) >= 11 is 3.47. The van der Waals surface area contributed by atoms with Gasteiger partial charge in [-0.15, -0.1) is 0 Å². The highest BCUT2D eigenvalue weighted by Gasteiger charge is 2.36. The van der Waals surface area contributed by atoms with Crippen molar-refractivity contribution in [3.8, 4) is 0 Å². The van der Waals surface area contributed by atoms with Crippen molar-refractivity contribution in [1.82, 2.24) is 5.32 Å². The summed E-state index contributed by atoms with van der Waals surface area (Å²) in [7, 11) is 0. The van der Waals surface area contributed by atoms with Crippen molar-refractivity contribution >= 4 is 27.8 Å². The Morgan fingerprint density at radius 3 is 2.48 bits per heavy atom. The van der Waals surface area contributed by atoms with Gasteiger partial charge in [-0.2, -0.15) is 0 Å². The smallest absolute Gasteiger partial charge is 0.307 e. The number of nitrogens with one attached hydrogen (secondary N) is 1. The summed E-state index contributed by atoms with van der Waals surface area (Å²) in [4.78, 5) is 23.7. The van der Waals surface area contributed by atoms with Crippen LogP contribution in [0.15, 0.2) is 28.7 Å². The van der Waals surface area contributed by atoms with E-state index in [9.17, 15) is 14.7 Å². The molecule has 1 saturated carbocycles. The van der Waals surface area contributed by atoms with Crippen LogP contribution in [0.4, 0.5) is 0 Å². The van der Waals surface area contributed by atoms with Crippen molar-refractivity contribution in [2.45, 2.75) is 38.6 Å². The number of carbonyl (C=O) groups is 2. The minimum absolute atomic E-state index is 0.148. The van der Waals surface area contributed by atoms with Crippen molar-refractivity contribution in [2.75, 3.05) is 0 Å². The maximum Gasteiger partial charge on any atom is 0.307 e. The molecule has 0 radical (unpaired) electrons. The number of carboxylic acid groups (broad SMARTS) is 1. The molecule has 3 atom stereocenters. The topological polar surface area (TPSA) is 66.4 Å². The minimum Gasteiger partial charge on any atom is -0.481 e. The number of rotatable bonds is 4. The van der Waals surface area contributed by atoms with Crippen LogP contribution in [0.25, 0.3) is 0 Å². The fourth-order valence-corrected chi connectivity index (χ4v) is 3.59. The number of benzene rings is 1. The third-order valence-electron chi connectivity index (χ3n) is 4.15. The molecule has 0 unspecified atom stereocenters. The standard InChI is InChI=1S/C16H20BrNO3/c1-10(11-6-4-5-9-14(11)17)18-15(19)12-7-2-3-8-13(12)16(20)21/h4-6,9-10,12-13H,2-3,7-8H2,1H3,(H,18,19)(H,20,21)/t10-,12-,13+/m1/s1. The van der Waals surface area contributed by atoms with Gasteiger partial charge in [0.15, 0.2) is 0 Å². The molecular formula is C16H20BrNO3. The van der Waals surface area contributed by atoms with E-state index in [4.69, 9.17) is 0 Å². The fraction of sp³-hybridized carbons (Fsp3) is 0.500. The average molecular weight is 354 g/mol. The van der Waals surface area contributed by atoms with Gasteiger partial charge in [-0.05, 0) is 31.4 Å². The van der Waals surface area contributed by atoms with E-state index in [1.54, 1.807) is 0 Å². The molecule has 4 nitrogen and oxygen atoms in total. The van der Waals surface area contributed by atoms with E-state index in [0.29, 0.717) is 12.8 Å². The molecule has 21 heavy (non-hydrogen) atoms. The molecule has 2 rings (SSSR count). The highest BCUT2D eigenvalue weighted by atomic mass is 79.9. The Morgan fingerprint density at radius 2 is 1.86 bits per heavy atom. The maximum absolute atomic E-state index is 12.4. The predicted octanol–water partition coefficient (Wildman–Crippen LogP) is 3.52. The summed E-state index contributed by atoms with van der Waals surface area (Å²) in [6.07, 6.45) is 3.06. The van der Waals surface area contributed by atoms with Gasteiger partial charge in [0.2, 0.25) is 5.91 Å². The van der Waals surface area contributed by atoms with Gasteiger partial charge < -0.3 is 10.4 Å². The van der Waals surface area contributed by atoms with Crippen molar-refractivity contribution in [1.29, 1.82) is 0 Å². The lowest BCUT2D eigenvalue weighted by molar-refractivity contribution is -0.149. The van der Waals surface area contributed by atoms with E-state index in [-0.39, 0.29) is 11.9 Å². The van der Waals surface area contributed by atoms with Crippen molar-refractivity contribution in [3.63, 3.8) is 0 Å². The van der Waals surface area contributed by atoms with Crippen molar-refractivity contribution in [3.05, 3.63) is 34.3 Å². The van der Waals surface area contributed by atoms with Crippen LogP contribution in [0.2, 0.25) is 0 Å². The summed E-state index contributed by atoms with van der Waals surface area (Å²) in [5.74, 6) is -1.97. The number of carbonyl (C=O) groups excluding carboxylic acids is 1. The summed E-state index contributed by atoms with van der Waals surface area (Å²) in [6, 6.07) is 7.57. The SMILES string of the molecule is C[C@@H](NC(=O)[C@@H]1CCCC[C@@H]1C(=O)O)c1ccccc1Br. The Labute approximate surface area is 133 Å². The highest BCUT2D eigenvalue weighted by Crippen LogP contribution is 2.31. The second kappa shape index (κ2) is 7.07. The first-order valence-electron chi connectivity index (χ1n) is 7.28. The maximum atomic E-state index is 12.4. The van der Waals surface area contributed by atoms with Gasteiger partial charge in [0.1, 0.15) is 0 Å². The molecule has 0 spiro atoms. The Kier molecular flexibility index (Phi) is 5.39. The Balaban J connectivity index is 2.06. The summed E-state index contributed by atoms with van der Waals surface area (Å²) in [5, 5.41) is 12.2. The van der Waals surface area contributed by atoms with Gasteiger partial charge in [-0.1, -0.05) is 47.0 Å². The first-order valence-corrected chi connectivity index (χ1v) is 8.07. The molecule has 1 aromatic carbocycles. The highest BCUT2D eigenvalue weighted by molar-refractivity contribution is 9.10. The zero-order valence-corrected chi connectivity index (χ0v) is 13.6. The molecule has 1 amide bonds. The Morgan fingerprint density at radius 1 is 1.24 bits per heavy atom. The molecule has 1 aliphatic carbocycles.